The van der Waals surface area contributed by atoms with Crippen LogP contribution in [-0.4, -0.2) is 49.2 Å². The van der Waals surface area contributed by atoms with Crippen LogP contribution in [0.4, 0.5) is 0 Å². The summed E-state index contributed by atoms with van der Waals surface area (Å²) in [6, 6.07) is 14.5. The number of benzene rings is 2. The van der Waals surface area contributed by atoms with E-state index >= 15 is 0 Å². The van der Waals surface area contributed by atoms with Crippen molar-refractivity contribution in [1.29, 1.82) is 0 Å². The summed E-state index contributed by atoms with van der Waals surface area (Å²) in [6.45, 7) is 4.11. The van der Waals surface area contributed by atoms with Gasteiger partial charge in [-0.15, -0.1) is 0 Å². The molecule has 0 saturated carbocycles. The molecular formula is C24H22N6O3. The fourth-order valence-corrected chi connectivity index (χ4v) is 3.82. The Labute approximate surface area is 189 Å². The molecule has 166 valence electrons. The Balaban J connectivity index is 1.55. The van der Waals surface area contributed by atoms with Crippen molar-refractivity contribution >= 4 is 27.8 Å². The molecule has 33 heavy (non-hydrogen) atoms. The molecule has 0 aliphatic rings. The van der Waals surface area contributed by atoms with E-state index in [-0.39, 0.29) is 18.6 Å². The quantitative estimate of drug-likeness (QED) is 0.367. The monoisotopic (exact) mass is 442 g/mol. The molecule has 0 bridgehead atoms. The van der Waals surface area contributed by atoms with Gasteiger partial charge in [0.2, 0.25) is 5.88 Å². The van der Waals surface area contributed by atoms with Gasteiger partial charge in [-0.2, -0.15) is 15.2 Å². The Hall–Kier alpha value is -4.27. The maximum atomic E-state index is 12.0. The van der Waals surface area contributed by atoms with E-state index in [1.807, 2.05) is 16.8 Å². The number of hydrogen-bond acceptors (Lipinski definition) is 7. The third kappa shape index (κ3) is 3.67. The lowest BCUT2D eigenvalue weighted by molar-refractivity contribution is 0.0526. The Kier molecular flexibility index (Phi) is 5.21. The standard InChI is InChI=1S/C24H22N6O3/c1-4-33-23(31)19-12-25-29(14-19)24-27-20-13-26-30(21(20)22(28-24)32-3)15(2)17-10-9-16-7-5-6-8-18(16)11-17/h5-15H,4H2,1-3H3/t15-/m1/s1. The molecule has 9 nitrogen and oxygen atoms in total. The van der Waals surface area contributed by atoms with Gasteiger partial charge in [0.05, 0.1) is 37.7 Å². The third-order valence-electron chi connectivity index (χ3n) is 5.52. The van der Waals surface area contributed by atoms with Crippen molar-refractivity contribution in [3.8, 4) is 11.8 Å². The zero-order chi connectivity index (χ0) is 22.9. The van der Waals surface area contributed by atoms with E-state index in [0.717, 1.165) is 5.56 Å². The van der Waals surface area contributed by atoms with Crippen LogP contribution in [0.3, 0.4) is 0 Å². The van der Waals surface area contributed by atoms with Crippen LogP contribution >= 0.6 is 0 Å². The van der Waals surface area contributed by atoms with Gasteiger partial charge in [-0.1, -0.05) is 36.4 Å². The van der Waals surface area contributed by atoms with Crippen LogP contribution in [0, 0.1) is 0 Å². The lowest BCUT2D eigenvalue weighted by atomic mass is 10.0. The molecule has 1 atom stereocenters. The summed E-state index contributed by atoms with van der Waals surface area (Å²) >= 11 is 0. The highest BCUT2D eigenvalue weighted by atomic mass is 16.5. The molecule has 5 aromatic rings. The van der Waals surface area contributed by atoms with Crippen molar-refractivity contribution < 1.29 is 14.3 Å². The number of nitrogens with zero attached hydrogens (tertiary/aromatic N) is 6. The molecule has 0 amide bonds. The van der Waals surface area contributed by atoms with Gasteiger partial charge in [0.1, 0.15) is 11.0 Å². The molecule has 3 aromatic heterocycles. The molecular weight excluding hydrogens is 420 g/mol. The zero-order valence-corrected chi connectivity index (χ0v) is 18.5. The molecule has 0 saturated heterocycles. The smallest absolute Gasteiger partial charge is 0.341 e. The van der Waals surface area contributed by atoms with Crippen LogP contribution in [0.1, 0.15) is 35.8 Å². The minimum atomic E-state index is -0.450. The summed E-state index contributed by atoms with van der Waals surface area (Å²) < 4.78 is 13.9. The van der Waals surface area contributed by atoms with E-state index in [1.165, 1.54) is 27.8 Å². The van der Waals surface area contributed by atoms with E-state index in [9.17, 15) is 4.79 Å². The molecule has 9 heteroatoms. The second-order valence-corrected chi connectivity index (χ2v) is 7.53. The first-order valence-electron chi connectivity index (χ1n) is 10.6. The van der Waals surface area contributed by atoms with Gasteiger partial charge in [-0.3, -0.25) is 4.68 Å². The number of carbonyl (C=O) groups excluding carboxylic acids is 1. The minimum Gasteiger partial charge on any atom is -0.479 e. The normalized spacial score (nSPS) is 12.2. The van der Waals surface area contributed by atoms with E-state index in [2.05, 4.69) is 57.4 Å². The van der Waals surface area contributed by atoms with Crippen LogP contribution in [0.2, 0.25) is 0 Å². The molecule has 0 fully saturated rings. The summed E-state index contributed by atoms with van der Waals surface area (Å²) in [4.78, 5) is 21.1. The molecule has 0 spiro atoms. The van der Waals surface area contributed by atoms with Gasteiger partial charge in [0.25, 0.3) is 5.95 Å². The van der Waals surface area contributed by atoms with Crippen LogP contribution in [-0.2, 0) is 4.74 Å². The van der Waals surface area contributed by atoms with Gasteiger partial charge >= 0.3 is 5.97 Å². The minimum absolute atomic E-state index is 0.0735. The van der Waals surface area contributed by atoms with Crippen molar-refractivity contribution in [1.82, 2.24) is 29.5 Å². The molecule has 3 heterocycles. The Morgan fingerprint density at radius 2 is 1.88 bits per heavy atom. The molecule has 5 rings (SSSR count). The van der Waals surface area contributed by atoms with E-state index in [0.29, 0.717) is 22.5 Å². The van der Waals surface area contributed by atoms with E-state index < -0.39 is 5.97 Å². The Morgan fingerprint density at radius 3 is 2.67 bits per heavy atom. The van der Waals surface area contributed by atoms with Crippen molar-refractivity contribution in [2.24, 2.45) is 0 Å². The van der Waals surface area contributed by atoms with Gasteiger partial charge in [0, 0.05) is 6.20 Å². The van der Waals surface area contributed by atoms with Gasteiger partial charge in [-0.25, -0.2) is 14.5 Å². The number of fused-ring (bicyclic) bond motifs is 2. The fourth-order valence-electron chi connectivity index (χ4n) is 3.82. The second-order valence-electron chi connectivity index (χ2n) is 7.53. The molecule has 0 N–H and O–H groups in total. The van der Waals surface area contributed by atoms with Gasteiger partial charge in [0.15, 0.2) is 0 Å². The maximum absolute atomic E-state index is 12.0. The van der Waals surface area contributed by atoms with Crippen molar-refractivity contribution in [3.05, 3.63) is 72.2 Å². The molecule has 0 unspecified atom stereocenters. The predicted octanol–water partition coefficient (Wildman–Crippen LogP) is 3.96. The average molecular weight is 442 g/mol. The predicted molar refractivity (Wildman–Crippen MR) is 123 cm³/mol. The highest BCUT2D eigenvalue weighted by Gasteiger charge is 2.20. The highest BCUT2D eigenvalue weighted by molar-refractivity contribution is 5.89. The lowest BCUT2D eigenvalue weighted by Gasteiger charge is -2.16. The third-order valence-corrected chi connectivity index (χ3v) is 5.52. The summed E-state index contributed by atoms with van der Waals surface area (Å²) in [7, 11) is 1.55. The Morgan fingerprint density at radius 1 is 1.06 bits per heavy atom. The first kappa shape index (κ1) is 20.6. The number of esters is 1. The van der Waals surface area contributed by atoms with Crippen molar-refractivity contribution in [3.63, 3.8) is 0 Å². The maximum Gasteiger partial charge on any atom is 0.341 e. The zero-order valence-electron chi connectivity index (χ0n) is 18.5. The molecule has 0 aliphatic heterocycles. The molecule has 0 radical (unpaired) electrons. The summed E-state index contributed by atoms with van der Waals surface area (Å²) in [5, 5.41) is 11.1. The van der Waals surface area contributed by atoms with E-state index in [1.54, 1.807) is 20.2 Å². The molecule has 0 aliphatic carbocycles. The summed E-state index contributed by atoms with van der Waals surface area (Å²) in [5.41, 5.74) is 2.72. The SMILES string of the molecule is CCOC(=O)c1cnn(-c2nc(OC)c3c(cnn3[C@H](C)c3ccc4ccccc4c3)n2)c1. The van der Waals surface area contributed by atoms with Gasteiger partial charge < -0.3 is 9.47 Å². The van der Waals surface area contributed by atoms with Crippen LogP contribution in [0.15, 0.2) is 61.1 Å². The number of rotatable bonds is 6. The van der Waals surface area contributed by atoms with Gasteiger partial charge in [-0.05, 0) is 36.2 Å². The number of ether oxygens (including phenoxy) is 2. The van der Waals surface area contributed by atoms with Crippen molar-refractivity contribution in [2.45, 2.75) is 19.9 Å². The average Bonchev–Trinajstić information content (AvgIpc) is 3.50. The summed E-state index contributed by atoms with van der Waals surface area (Å²) in [5.74, 6) is 0.190. The number of methoxy groups -OCH3 is 1. The summed E-state index contributed by atoms with van der Waals surface area (Å²) in [6.07, 6.45) is 4.63. The fraction of sp³-hybridized carbons (Fsp3) is 0.208. The lowest BCUT2D eigenvalue weighted by Crippen LogP contribution is -2.11. The molecule has 2 aromatic carbocycles. The van der Waals surface area contributed by atoms with E-state index in [4.69, 9.17) is 9.47 Å². The first-order chi connectivity index (χ1) is 16.1. The van der Waals surface area contributed by atoms with Crippen LogP contribution in [0.25, 0.3) is 27.8 Å². The second kappa shape index (κ2) is 8.34. The van der Waals surface area contributed by atoms with Crippen LogP contribution < -0.4 is 4.74 Å². The Bertz CT molecular complexity index is 1470. The largest absolute Gasteiger partial charge is 0.479 e. The number of hydrogen-bond donors (Lipinski definition) is 0. The first-order valence-corrected chi connectivity index (χ1v) is 10.6. The van der Waals surface area contributed by atoms with Crippen molar-refractivity contribution in [2.75, 3.05) is 13.7 Å². The van der Waals surface area contributed by atoms with Crippen LogP contribution in [0.5, 0.6) is 5.88 Å². The highest BCUT2D eigenvalue weighted by Crippen LogP contribution is 2.30. The number of carbonyl (C=O) groups is 1. The number of aromatic nitrogens is 6. The topological polar surface area (TPSA) is 97.0 Å².